The van der Waals surface area contributed by atoms with Gasteiger partial charge in [-0.15, -0.1) is 5.10 Å². The Labute approximate surface area is 193 Å². The summed E-state index contributed by atoms with van der Waals surface area (Å²) in [6.07, 6.45) is 2.20. The van der Waals surface area contributed by atoms with Crippen LogP contribution in [0.3, 0.4) is 0 Å². The van der Waals surface area contributed by atoms with Gasteiger partial charge in [0.15, 0.2) is 5.82 Å². The Bertz CT molecular complexity index is 1010. The third-order valence-electron chi connectivity index (χ3n) is 5.69. The van der Waals surface area contributed by atoms with E-state index in [0.29, 0.717) is 18.1 Å². The third-order valence-corrected chi connectivity index (χ3v) is 5.94. The molecule has 2 aromatic carbocycles. The molecule has 0 radical (unpaired) electrons. The van der Waals surface area contributed by atoms with Gasteiger partial charge in [0.05, 0.1) is 17.7 Å². The maximum atomic E-state index is 13.8. The van der Waals surface area contributed by atoms with E-state index in [4.69, 9.17) is 16.3 Å². The summed E-state index contributed by atoms with van der Waals surface area (Å²) in [5.41, 5.74) is 1.74. The number of hydrogen-bond acceptors (Lipinski definition) is 5. The Morgan fingerprint density at radius 2 is 1.88 bits per heavy atom. The van der Waals surface area contributed by atoms with E-state index in [-0.39, 0.29) is 23.5 Å². The van der Waals surface area contributed by atoms with Crippen LogP contribution in [0.4, 0.5) is 4.39 Å². The first-order chi connectivity index (χ1) is 15.3. The van der Waals surface area contributed by atoms with Crippen molar-refractivity contribution in [2.75, 3.05) is 13.2 Å². The zero-order chi connectivity index (χ0) is 22.7. The van der Waals surface area contributed by atoms with E-state index in [1.54, 1.807) is 0 Å². The molecular formula is C24H29ClFN5O. The van der Waals surface area contributed by atoms with E-state index >= 15 is 0 Å². The Morgan fingerprint density at radius 3 is 2.50 bits per heavy atom. The van der Waals surface area contributed by atoms with Gasteiger partial charge < -0.3 is 4.74 Å². The van der Waals surface area contributed by atoms with Crippen LogP contribution >= 0.6 is 11.6 Å². The van der Waals surface area contributed by atoms with Gasteiger partial charge in [0.1, 0.15) is 5.82 Å². The minimum atomic E-state index is -0.313. The van der Waals surface area contributed by atoms with Gasteiger partial charge in [-0.1, -0.05) is 35.9 Å². The lowest BCUT2D eigenvalue weighted by Crippen LogP contribution is -2.39. The van der Waals surface area contributed by atoms with Crippen molar-refractivity contribution >= 4 is 11.6 Å². The Kier molecular flexibility index (Phi) is 6.88. The maximum absolute atomic E-state index is 13.8. The Hall–Kier alpha value is -2.35. The molecule has 1 aromatic heterocycles. The standard InChI is InChI=1S/C24H29ClFN5O/c1-24(2,3)31-23(27-28-29-31)22(18-8-12-20(26)13-9-18)30(16-21-5-4-14-32-21)15-17-6-10-19(25)11-7-17/h6-13,21-22H,4-5,14-16H2,1-3H3. The van der Waals surface area contributed by atoms with Crippen LogP contribution in [0.5, 0.6) is 0 Å². The van der Waals surface area contributed by atoms with Crippen molar-refractivity contribution in [3.05, 3.63) is 76.3 Å². The van der Waals surface area contributed by atoms with Crippen molar-refractivity contribution in [1.29, 1.82) is 0 Å². The van der Waals surface area contributed by atoms with Gasteiger partial charge >= 0.3 is 0 Å². The first kappa shape index (κ1) is 22.8. The van der Waals surface area contributed by atoms with Gasteiger partial charge in [-0.05, 0) is 79.4 Å². The van der Waals surface area contributed by atoms with Gasteiger partial charge in [-0.25, -0.2) is 9.07 Å². The summed E-state index contributed by atoms with van der Waals surface area (Å²) in [4.78, 5) is 2.32. The number of ether oxygens (including phenoxy) is 1. The molecule has 170 valence electrons. The number of rotatable bonds is 7. The molecule has 0 saturated carbocycles. The highest BCUT2D eigenvalue weighted by atomic mass is 35.5. The summed E-state index contributed by atoms with van der Waals surface area (Å²) in [5.74, 6) is 0.447. The molecule has 32 heavy (non-hydrogen) atoms. The fourth-order valence-electron chi connectivity index (χ4n) is 4.15. The van der Waals surface area contributed by atoms with Crippen LogP contribution in [0, 0.1) is 5.82 Å². The van der Waals surface area contributed by atoms with Gasteiger partial charge in [-0.3, -0.25) is 4.90 Å². The predicted molar refractivity (Wildman–Crippen MR) is 122 cm³/mol. The highest BCUT2D eigenvalue weighted by Gasteiger charge is 2.33. The van der Waals surface area contributed by atoms with Crippen LogP contribution in [0.25, 0.3) is 0 Å². The molecule has 0 spiro atoms. The van der Waals surface area contributed by atoms with Crippen molar-refractivity contribution in [2.45, 2.75) is 57.8 Å². The van der Waals surface area contributed by atoms with Crippen LogP contribution in [-0.2, 0) is 16.8 Å². The third kappa shape index (κ3) is 5.34. The zero-order valence-corrected chi connectivity index (χ0v) is 19.5. The molecule has 2 unspecified atom stereocenters. The molecule has 0 amide bonds. The van der Waals surface area contributed by atoms with Crippen LogP contribution in [0.15, 0.2) is 48.5 Å². The molecule has 0 N–H and O–H groups in total. The quantitative estimate of drug-likeness (QED) is 0.500. The topological polar surface area (TPSA) is 56.1 Å². The highest BCUT2D eigenvalue weighted by Crippen LogP contribution is 2.32. The van der Waals surface area contributed by atoms with Crippen molar-refractivity contribution < 1.29 is 9.13 Å². The molecule has 2 atom stereocenters. The van der Waals surface area contributed by atoms with Crippen molar-refractivity contribution in [3.8, 4) is 0 Å². The van der Waals surface area contributed by atoms with E-state index < -0.39 is 0 Å². The van der Waals surface area contributed by atoms with E-state index in [0.717, 1.165) is 36.4 Å². The summed E-state index contributed by atoms with van der Waals surface area (Å²) in [6.45, 7) is 8.34. The highest BCUT2D eigenvalue weighted by molar-refractivity contribution is 6.30. The smallest absolute Gasteiger partial charge is 0.173 e. The minimum absolute atomic E-state index is 0.129. The lowest BCUT2D eigenvalue weighted by Gasteiger charge is -2.34. The number of halogens is 2. The number of nitrogens with zero attached hydrogens (tertiary/aromatic N) is 5. The van der Waals surface area contributed by atoms with Crippen molar-refractivity contribution in [1.82, 2.24) is 25.1 Å². The second-order valence-electron chi connectivity index (χ2n) is 9.26. The van der Waals surface area contributed by atoms with Crippen molar-refractivity contribution in [2.24, 2.45) is 0 Å². The minimum Gasteiger partial charge on any atom is -0.377 e. The summed E-state index contributed by atoms with van der Waals surface area (Å²) < 4.78 is 21.6. The van der Waals surface area contributed by atoms with Crippen LogP contribution in [-0.4, -0.2) is 44.4 Å². The van der Waals surface area contributed by atoms with E-state index in [1.807, 2.05) is 41.1 Å². The normalized spacial score (nSPS) is 17.8. The average molecular weight is 458 g/mol. The van der Waals surface area contributed by atoms with E-state index in [2.05, 4.69) is 41.2 Å². The maximum Gasteiger partial charge on any atom is 0.173 e. The lowest BCUT2D eigenvalue weighted by molar-refractivity contribution is 0.0566. The first-order valence-corrected chi connectivity index (χ1v) is 11.3. The average Bonchev–Trinajstić information content (AvgIpc) is 3.43. The lowest BCUT2D eigenvalue weighted by atomic mass is 10.0. The number of tetrazole rings is 1. The van der Waals surface area contributed by atoms with E-state index in [1.165, 1.54) is 12.1 Å². The SMILES string of the molecule is CC(C)(C)n1nnnc1C(c1ccc(F)cc1)N(Cc1ccc(Cl)cc1)CC1CCCO1. The Morgan fingerprint density at radius 1 is 1.16 bits per heavy atom. The molecule has 2 heterocycles. The molecule has 1 saturated heterocycles. The summed E-state index contributed by atoms with van der Waals surface area (Å²) >= 11 is 6.11. The van der Waals surface area contributed by atoms with E-state index in [9.17, 15) is 4.39 Å². The molecule has 0 bridgehead atoms. The second kappa shape index (κ2) is 9.65. The summed E-state index contributed by atoms with van der Waals surface area (Å²) in [6, 6.07) is 14.2. The van der Waals surface area contributed by atoms with Gasteiger partial charge in [-0.2, -0.15) is 0 Å². The molecular weight excluding hydrogens is 429 g/mol. The van der Waals surface area contributed by atoms with Crippen LogP contribution in [0.2, 0.25) is 5.02 Å². The summed E-state index contributed by atoms with van der Waals surface area (Å²) in [7, 11) is 0. The van der Waals surface area contributed by atoms with Gasteiger partial charge in [0, 0.05) is 24.7 Å². The predicted octanol–water partition coefficient (Wildman–Crippen LogP) is 4.99. The monoisotopic (exact) mass is 457 g/mol. The first-order valence-electron chi connectivity index (χ1n) is 11.0. The molecule has 3 aromatic rings. The molecule has 8 heteroatoms. The molecule has 1 aliphatic rings. The molecule has 6 nitrogen and oxygen atoms in total. The number of aromatic nitrogens is 4. The van der Waals surface area contributed by atoms with Crippen LogP contribution in [0.1, 0.15) is 56.6 Å². The second-order valence-corrected chi connectivity index (χ2v) is 9.70. The fourth-order valence-corrected chi connectivity index (χ4v) is 4.27. The van der Waals surface area contributed by atoms with Gasteiger partial charge in [0.25, 0.3) is 0 Å². The molecule has 1 aliphatic heterocycles. The Balaban J connectivity index is 1.78. The molecule has 1 fully saturated rings. The van der Waals surface area contributed by atoms with Gasteiger partial charge in [0.2, 0.25) is 0 Å². The largest absolute Gasteiger partial charge is 0.377 e. The van der Waals surface area contributed by atoms with Crippen LogP contribution < -0.4 is 0 Å². The fraction of sp³-hybridized carbons (Fsp3) is 0.458. The molecule has 4 rings (SSSR count). The zero-order valence-electron chi connectivity index (χ0n) is 18.7. The number of benzene rings is 2. The summed E-state index contributed by atoms with van der Waals surface area (Å²) in [5, 5.41) is 13.4. The molecule has 0 aliphatic carbocycles. The van der Waals surface area contributed by atoms with Crippen molar-refractivity contribution in [3.63, 3.8) is 0 Å². The number of hydrogen-bond donors (Lipinski definition) is 0.